The van der Waals surface area contributed by atoms with E-state index in [1.165, 1.54) is 0 Å². The third-order valence-electron chi connectivity index (χ3n) is 4.08. The highest BCUT2D eigenvalue weighted by Gasteiger charge is 2.34. The molecule has 1 fully saturated rings. The molecule has 1 atom stereocenters. The maximum absolute atomic E-state index is 12.8. The lowest BCUT2D eigenvalue weighted by atomic mass is 10.1. The van der Waals surface area contributed by atoms with Gasteiger partial charge in [0.2, 0.25) is 10.0 Å². The zero-order valence-electron chi connectivity index (χ0n) is 12.1. The number of hydrogen-bond acceptors (Lipinski definition) is 2. The van der Waals surface area contributed by atoms with E-state index in [0.717, 1.165) is 42.1 Å². The lowest BCUT2D eigenvalue weighted by Crippen LogP contribution is -2.35. The summed E-state index contributed by atoms with van der Waals surface area (Å²) in [6.07, 6.45) is 3.91. The van der Waals surface area contributed by atoms with Gasteiger partial charge in [0.05, 0.1) is 4.90 Å². The molecule has 0 N–H and O–H groups in total. The number of hydrogen-bond donors (Lipinski definition) is 0. The zero-order valence-corrected chi connectivity index (χ0v) is 14.5. The monoisotopic (exact) mass is 359 g/mol. The van der Waals surface area contributed by atoms with Gasteiger partial charge in [-0.3, -0.25) is 0 Å². The third kappa shape index (κ3) is 3.26. The van der Waals surface area contributed by atoms with Crippen LogP contribution in [0.1, 0.15) is 36.8 Å². The largest absolute Gasteiger partial charge is 0.243 e. The molecule has 1 aliphatic heterocycles. The van der Waals surface area contributed by atoms with Gasteiger partial charge in [-0.2, -0.15) is 4.31 Å². The molecule has 1 heterocycles. The van der Waals surface area contributed by atoms with E-state index in [2.05, 4.69) is 15.9 Å². The second-order valence-corrected chi connectivity index (χ2v) is 8.17. The molecule has 0 radical (unpaired) electrons. The molecule has 1 aliphatic rings. The SMILES string of the molecule is Cc1ccc(S(=O)(=O)N2CCCC2CCCBr)cc1C. The average molecular weight is 360 g/mol. The van der Waals surface area contributed by atoms with E-state index in [9.17, 15) is 8.42 Å². The molecule has 3 nitrogen and oxygen atoms in total. The molecule has 0 aliphatic carbocycles. The van der Waals surface area contributed by atoms with Crippen LogP contribution in [-0.4, -0.2) is 30.6 Å². The summed E-state index contributed by atoms with van der Waals surface area (Å²) in [7, 11) is -3.34. The summed E-state index contributed by atoms with van der Waals surface area (Å²) in [6, 6.07) is 5.59. The van der Waals surface area contributed by atoms with Gasteiger partial charge in [0, 0.05) is 17.9 Å². The molecule has 0 aromatic heterocycles. The van der Waals surface area contributed by atoms with Crippen LogP contribution in [0.25, 0.3) is 0 Å². The van der Waals surface area contributed by atoms with Crippen LogP contribution in [0.4, 0.5) is 0 Å². The lowest BCUT2D eigenvalue weighted by molar-refractivity contribution is 0.369. The standard InChI is InChI=1S/C15H22BrNO2S/c1-12-7-8-15(11-13(12)2)20(18,19)17-10-4-6-14(17)5-3-9-16/h7-8,11,14H,3-6,9-10H2,1-2H3. The van der Waals surface area contributed by atoms with Gasteiger partial charge in [0.15, 0.2) is 0 Å². The minimum absolute atomic E-state index is 0.166. The van der Waals surface area contributed by atoms with Gasteiger partial charge >= 0.3 is 0 Å². The molecule has 20 heavy (non-hydrogen) atoms. The highest BCUT2D eigenvalue weighted by atomic mass is 79.9. The van der Waals surface area contributed by atoms with Crippen molar-refractivity contribution in [1.29, 1.82) is 0 Å². The van der Waals surface area contributed by atoms with E-state index in [1.807, 2.05) is 19.9 Å². The number of halogens is 1. The van der Waals surface area contributed by atoms with E-state index in [-0.39, 0.29) is 6.04 Å². The molecule has 1 aromatic carbocycles. The maximum atomic E-state index is 12.8. The summed E-state index contributed by atoms with van der Waals surface area (Å²) < 4.78 is 27.3. The second-order valence-electron chi connectivity index (χ2n) is 5.49. The van der Waals surface area contributed by atoms with Crippen LogP contribution in [0.5, 0.6) is 0 Å². The molecular formula is C15H22BrNO2S. The van der Waals surface area contributed by atoms with Crippen LogP contribution in [0.2, 0.25) is 0 Å². The Labute approximate surface area is 130 Å². The van der Waals surface area contributed by atoms with Crippen LogP contribution in [0.3, 0.4) is 0 Å². The van der Waals surface area contributed by atoms with Crippen molar-refractivity contribution in [2.24, 2.45) is 0 Å². The van der Waals surface area contributed by atoms with Crippen molar-refractivity contribution in [3.8, 4) is 0 Å². The van der Waals surface area contributed by atoms with E-state index >= 15 is 0 Å². The molecule has 0 spiro atoms. The maximum Gasteiger partial charge on any atom is 0.243 e. The Bertz CT molecular complexity index is 571. The van der Waals surface area contributed by atoms with Gasteiger partial charge in [-0.1, -0.05) is 22.0 Å². The molecule has 1 aromatic rings. The number of alkyl halides is 1. The molecule has 0 amide bonds. The molecule has 2 rings (SSSR count). The van der Waals surface area contributed by atoms with E-state index in [1.54, 1.807) is 16.4 Å². The first-order valence-electron chi connectivity index (χ1n) is 7.12. The summed E-state index contributed by atoms with van der Waals surface area (Å²) in [4.78, 5) is 0.436. The Morgan fingerprint density at radius 3 is 2.70 bits per heavy atom. The van der Waals surface area contributed by atoms with Crippen molar-refractivity contribution in [1.82, 2.24) is 4.31 Å². The van der Waals surface area contributed by atoms with Crippen LogP contribution in [0.15, 0.2) is 23.1 Å². The number of aryl methyl sites for hydroxylation is 2. The summed E-state index contributed by atoms with van der Waals surface area (Å²) in [5, 5.41) is 0.932. The summed E-state index contributed by atoms with van der Waals surface area (Å²) >= 11 is 3.42. The van der Waals surface area contributed by atoms with Gasteiger partial charge < -0.3 is 0 Å². The Kier molecular flexibility index (Phi) is 5.26. The van der Waals surface area contributed by atoms with Crippen LogP contribution < -0.4 is 0 Å². The second kappa shape index (κ2) is 6.58. The van der Waals surface area contributed by atoms with Crippen LogP contribution in [0, 0.1) is 13.8 Å². The van der Waals surface area contributed by atoms with E-state index in [0.29, 0.717) is 11.4 Å². The van der Waals surface area contributed by atoms with Gasteiger partial charge in [-0.15, -0.1) is 0 Å². The van der Waals surface area contributed by atoms with Crippen molar-refractivity contribution in [2.75, 3.05) is 11.9 Å². The summed E-state index contributed by atoms with van der Waals surface area (Å²) in [6.45, 7) is 4.61. The molecule has 1 unspecified atom stereocenters. The fraction of sp³-hybridized carbons (Fsp3) is 0.600. The van der Waals surface area contributed by atoms with Crippen molar-refractivity contribution < 1.29 is 8.42 Å². The lowest BCUT2D eigenvalue weighted by Gasteiger charge is -2.24. The third-order valence-corrected chi connectivity index (χ3v) is 6.59. The van der Waals surface area contributed by atoms with Gasteiger partial charge in [0.25, 0.3) is 0 Å². The quantitative estimate of drug-likeness (QED) is 0.752. The van der Waals surface area contributed by atoms with Gasteiger partial charge in [0.1, 0.15) is 0 Å². The number of benzene rings is 1. The molecule has 1 saturated heterocycles. The first-order chi connectivity index (χ1) is 9.46. The number of rotatable bonds is 5. The normalized spacial score (nSPS) is 20.4. The van der Waals surface area contributed by atoms with Crippen molar-refractivity contribution in [3.63, 3.8) is 0 Å². The predicted molar refractivity (Wildman–Crippen MR) is 85.9 cm³/mol. The van der Waals surface area contributed by atoms with E-state index in [4.69, 9.17) is 0 Å². The van der Waals surface area contributed by atoms with Crippen molar-refractivity contribution in [3.05, 3.63) is 29.3 Å². The molecule has 0 bridgehead atoms. The van der Waals surface area contributed by atoms with E-state index < -0.39 is 10.0 Å². The van der Waals surface area contributed by atoms with Crippen LogP contribution >= 0.6 is 15.9 Å². The van der Waals surface area contributed by atoms with Crippen molar-refractivity contribution >= 4 is 26.0 Å². The Balaban J connectivity index is 2.26. The Morgan fingerprint density at radius 1 is 1.30 bits per heavy atom. The highest BCUT2D eigenvalue weighted by molar-refractivity contribution is 9.09. The Morgan fingerprint density at radius 2 is 2.05 bits per heavy atom. The Hall–Kier alpha value is -0.390. The first-order valence-corrected chi connectivity index (χ1v) is 9.68. The molecule has 112 valence electrons. The first kappa shape index (κ1) is 16.0. The fourth-order valence-electron chi connectivity index (χ4n) is 2.74. The topological polar surface area (TPSA) is 37.4 Å². The molecule has 5 heteroatoms. The van der Waals surface area contributed by atoms with Gasteiger partial charge in [-0.05, 0) is 62.8 Å². The number of nitrogens with zero attached hydrogens (tertiary/aromatic N) is 1. The predicted octanol–water partition coefficient (Wildman–Crippen LogP) is 3.63. The molecule has 0 saturated carbocycles. The van der Waals surface area contributed by atoms with Gasteiger partial charge in [-0.25, -0.2) is 8.42 Å². The fourth-order valence-corrected chi connectivity index (χ4v) is 4.87. The highest BCUT2D eigenvalue weighted by Crippen LogP contribution is 2.29. The number of sulfonamides is 1. The summed E-state index contributed by atoms with van der Waals surface area (Å²) in [5.74, 6) is 0. The smallest absolute Gasteiger partial charge is 0.207 e. The average Bonchev–Trinajstić information content (AvgIpc) is 2.88. The minimum atomic E-state index is -3.34. The minimum Gasteiger partial charge on any atom is -0.207 e. The van der Waals surface area contributed by atoms with Crippen LogP contribution in [-0.2, 0) is 10.0 Å². The molecular weight excluding hydrogens is 338 g/mol. The summed E-state index contributed by atoms with van der Waals surface area (Å²) in [5.41, 5.74) is 2.16. The van der Waals surface area contributed by atoms with Crippen molar-refractivity contribution in [2.45, 2.75) is 50.5 Å². The zero-order chi connectivity index (χ0) is 14.8.